The van der Waals surface area contributed by atoms with Crippen molar-refractivity contribution < 1.29 is 76.9 Å². The predicted octanol–water partition coefficient (Wildman–Crippen LogP) is 9.32. The van der Waals surface area contributed by atoms with Crippen LogP contribution >= 0.6 is 11.3 Å². The van der Waals surface area contributed by atoms with Gasteiger partial charge in [-0.05, 0) is 131 Å². The molecule has 1 aromatic heterocycles. The summed E-state index contributed by atoms with van der Waals surface area (Å²) in [7, 11) is 4.45. The van der Waals surface area contributed by atoms with E-state index in [0.29, 0.717) is 74.0 Å². The molecule has 1 aliphatic carbocycles. The number of ketones is 3. The Morgan fingerprint density at radius 1 is 0.843 bits per heavy atom. The van der Waals surface area contributed by atoms with Crippen LogP contribution in [0.15, 0.2) is 95.4 Å². The van der Waals surface area contributed by atoms with Crippen LogP contribution in [0, 0.1) is 35.5 Å². The maximum atomic E-state index is 14.7. The number of carbonyl (C=O) groups excluding carboxylic acids is 7. The number of nitrogens with one attached hydrogen (secondary N) is 1. The van der Waals surface area contributed by atoms with Crippen LogP contribution in [0.3, 0.4) is 0 Å². The van der Waals surface area contributed by atoms with Crippen molar-refractivity contribution in [3.8, 4) is 5.75 Å². The molecule has 83 heavy (non-hydrogen) atoms. The maximum absolute atomic E-state index is 14.7. The van der Waals surface area contributed by atoms with Crippen LogP contribution in [0.2, 0.25) is 0 Å². The fourth-order valence-corrected chi connectivity index (χ4v) is 12.7. The number of ether oxygens (including phenoxy) is 7. The lowest BCUT2D eigenvalue weighted by Gasteiger charge is -2.42. The summed E-state index contributed by atoms with van der Waals surface area (Å²) in [6, 6.07) is 9.65. The maximum Gasteiger partial charge on any atom is 0.408 e. The molecule has 6 rings (SSSR count). The van der Waals surface area contributed by atoms with Crippen molar-refractivity contribution in [2.75, 3.05) is 27.9 Å². The molecular formula is C64H88N2O16S. The van der Waals surface area contributed by atoms with Gasteiger partial charge in [0.1, 0.15) is 42.0 Å². The molecule has 2 saturated heterocycles. The van der Waals surface area contributed by atoms with E-state index in [1.165, 1.54) is 30.5 Å². The number of allylic oxidation sites excluding steroid dienone is 6. The molecule has 2 aromatic rings. The highest BCUT2D eigenvalue weighted by atomic mass is 32.1. The molecular weight excluding hydrogens is 1080 g/mol. The number of amides is 2. The summed E-state index contributed by atoms with van der Waals surface area (Å²) >= 11 is 1.28. The van der Waals surface area contributed by atoms with Gasteiger partial charge in [0.2, 0.25) is 5.79 Å². The second-order valence-corrected chi connectivity index (χ2v) is 24.3. The Morgan fingerprint density at radius 2 is 1.59 bits per heavy atom. The first-order chi connectivity index (χ1) is 39.6. The van der Waals surface area contributed by atoms with Crippen molar-refractivity contribution >= 4 is 52.6 Å². The number of benzene rings is 1. The largest absolute Gasteiger partial charge is 0.460 e. The van der Waals surface area contributed by atoms with E-state index < -0.39 is 114 Å². The first-order valence-corrected chi connectivity index (χ1v) is 30.2. The number of Topliss-reactive ketones (excluding diaryl/α,β-unsaturated/α-hetero) is 3. The molecule has 3 N–H and O–H groups in total. The minimum Gasteiger partial charge on any atom is -0.460 e. The molecule has 0 radical (unpaired) electrons. The number of rotatable bonds is 11. The van der Waals surface area contributed by atoms with Crippen LogP contribution in [0.4, 0.5) is 4.79 Å². The summed E-state index contributed by atoms with van der Waals surface area (Å²) in [6.45, 7) is 12.6. The Bertz CT molecular complexity index is 2640. The summed E-state index contributed by atoms with van der Waals surface area (Å²) in [5.41, 5.74) is 1.20. The van der Waals surface area contributed by atoms with E-state index in [1.54, 1.807) is 88.7 Å². The minimum absolute atomic E-state index is 0.0143. The SMILES string of the molecule is COC1CC2CC[C@@H](C)[C@@](O)(O2)C(=O)C(=O)N2CCCC[C@H]2C(=O)OC(C(C)CC2CC[C@@H](OC(=O)NC(C(=O)Oc3ccccc3)c3cccs3)C(OC)C2)CC(=O)C(C)/C=C(\C)[C@@H](O)C(OC)C(=O)[C@H](C)CC(C)/C=C/C=C/C=C/1C. The van der Waals surface area contributed by atoms with Crippen LogP contribution in [0.25, 0.3) is 0 Å². The molecule has 0 spiro atoms. The summed E-state index contributed by atoms with van der Waals surface area (Å²) < 4.78 is 41.5. The first-order valence-electron chi connectivity index (χ1n) is 29.3. The zero-order valence-electron chi connectivity index (χ0n) is 49.9. The Balaban J connectivity index is 1.24. The molecule has 19 heteroatoms. The standard InChI is InChI=1S/C64H88N2O16S/c1-38-20-13-11-14-21-39(2)51(76-8)36-47-28-26-44(7)64(75,82-47)59(70)60(71)66-30-18-17-24-48(66)61(72)80-52(37-49(67)40(3)33-43(6)57(69)58(78-10)56(68)42(5)32-38)41(4)34-45-27-29-50(53(35-45)77-9)81-63(74)65-55(54-25-19-31-83-54)62(73)79-46-22-15-12-16-23-46/h11-16,19-23,25,31,33,38,40-42,44-45,47-48,50-53,55,57-58,69,75H,17-18,24,26-30,32,34-37H2,1-10H3,(H,65,74)/b14-11+,20-13+,39-21+,43-33+/t38?,40?,41?,42-,44-,45?,47?,48+,50-,51?,52?,53?,55?,57-,58?,64-/m1/s1. The highest BCUT2D eigenvalue weighted by Gasteiger charge is 2.53. The third kappa shape index (κ3) is 17.9. The number of esters is 2. The number of aliphatic hydroxyl groups excluding tert-OH is 1. The number of piperidine rings is 1. The van der Waals surface area contributed by atoms with E-state index in [-0.39, 0.29) is 49.2 Å². The normalized spacial score (nSPS) is 34.3. The summed E-state index contributed by atoms with van der Waals surface area (Å²) in [5, 5.41) is 28.2. The molecule has 3 aliphatic heterocycles. The molecule has 1 aromatic carbocycles. The van der Waals surface area contributed by atoms with Gasteiger partial charge in [-0.1, -0.05) is 95.3 Å². The van der Waals surface area contributed by atoms with Crippen molar-refractivity contribution in [3.05, 3.63) is 100 Å². The number of thiophene rings is 1. The van der Waals surface area contributed by atoms with E-state index in [4.69, 9.17) is 33.2 Å². The van der Waals surface area contributed by atoms with Gasteiger partial charge in [0.05, 0.1) is 18.3 Å². The van der Waals surface area contributed by atoms with Gasteiger partial charge in [-0.25, -0.2) is 14.4 Å². The molecule has 4 aliphatic rings. The van der Waals surface area contributed by atoms with E-state index in [2.05, 4.69) is 5.32 Å². The van der Waals surface area contributed by atoms with E-state index in [1.807, 2.05) is 51.2 Å². The molecule has 3 fully saturated rings. The highest BCUT2D eigenvalue weighted by molar-refractivity contribution is 7.10. The third-order valence-corrected chi connectivity index (χ3v) is 17.9. The topological polar surface area (TPSA) is 240 Å². The lowest BCUT2D eigenvalue weighted by molar-refractivity contribution is -0.265. The summed E-state index contributed by atoms with van der Waals surface area (Å²) in [4.78, 5) is 101. The van der Waals surface area contributed by atoms with Crippen molar-refractivity contribution in [1.82, 2.24) is 10.2 Å². The van der Waals surface area contributed by atoms with E-state index in [0.717, 1.165) is 5.57 Å². The molecule has 2 bridgehead atoms. The van der Waals surface area contributed by atoms with Gasteiger partial charge in [0, 0.05) is 63.3 Å². The lowest BCUT2D eigenvalue weighted by atomic mass is 9.78. The average molecular weight is 1170 g/mol. The van der Waals surface area contributed by atoms with E-state index in [9.17, 15) is 43.8 Å². The van der Waals surface area contributed by atoms with Crippen LogP contribution in [0.5, 0.6) is 5.75 Å². The molecule has 1 saturated carbocycles. The van der Waals surface area contributed by atoms with Gasteiger partial charge in [0.25, 0.3) is 11.7 Å². The lowest BCUT2D eigenvalue weighted by Crippen LogP contribution is -2.61. The quantitative estimate of drug-likeness (QED) is 0.0822. The number of alkyl carbamates (subject to hydrolysis) is 1. The number of hydrogen-bond acceptors (Lipinski definition) is 17. The van der Waals surface area contributed by atoms with Crippen LogP contribution in [-0.2, 0) is 57.2 Å². The fourth-order valence-electron chi connectivity index (χ4n) is 11.9. The first kappa shape index (κ1) is 66.5. The number of fused-ring (bicyclic) bond motifs is 3. The number of nitrogens with zero attached hydrogens (tertiary/aromatic N) is 1. The number of carbonyl (C=O) groups is 7. The summed E-state index contributed by atoms with van der Waals surface area (Å²) in [5.74, 6) is -9.11. The molecule has 16 atom stereocenters. The Morgan fingerprint density at radius 3 is 2.28 bits per heavy atom. The van der Waals surface area contributed by atoms with Gasteiger partial charge in [-0.15, -0.1) is 11.3 Å². The molecule has 4 heterocycles. The predicted molar refractivity (Wildman–Crippen MR) is 312 cm³/mol. The fraction of sp³-hybridized carbons (Fsp3) is 0.609. The van der Waals surface area contributed by atoms with Crippen LogP contribution in [0.1, 0.15) is 136 Å². The second kappa shape index (κ2) is 31.5. The third-order valence-electron chi connectivity index (χ3n) is 17.0. The second-order valence-electron chi connectivity index (χ2n) is 23.3. The van der Waals surface area contributed by atoms with E-state index >= 15 is 0 Å². The molecule has 18 nitrogen and oxygen atoms in total. The van der Waals surface area contributed by atoms with Crippen molar-refractivity contribution in [3.63, 3.8) is 0 Å². The minimum atomic E-state index is -2.48. The number of aliphatic hydroxyl groups is 2. The molecule has 2 amide bonds. The molecule has 456 valence electrons. The zero-order valence-corrected chi connectivity index (χ0v) is 50.7. The van der Waals surface area contributed by atoms with Gasteiger partial charge < -0.3 is 53.6 Å². The highest BCUT2D eigenvalue weighted by Crippen LogP contribution is 2.38. The van der Waals surface area contributed by atoms with Crippen LogP contribution < -0.4 is 10.1 Å². The monoisotopic (exact) mass is 1170 g/mol. The Kier molecular flexibility index (Phi) is 25.2. The van der Waals surface area contributed by atoms with Crippen LogP contribution in [-0.4, -0.2) is 139 Å². The van der Waals surface area contributed by atoms with Gasteiger partial charge in [0.15, 0.2) is 11.8 Å². The number of hydrogen-bond donors (Lipinski definition) is 3. The number of methoxy groups -OCH3 is 3. The average Bonchev–Trinajstić information content (AvgIpc) is 4.12. The molecule has 10 unspecified atom stereocenters. The smallest absolute Gasteiger partial charge is 0.408 e. The van der Waals surface area contributed by atoms with Crippen molar-refractivity contribution in [2.45, 2.75) is 186 Å². The van der Waals surface area contributed by atoms with Crippen molar-refractivity contribution in [1.29, 1.82) is 0 Å². The number of cyclic esters (lactones) is 1. The summed E-state index contributed by atoms with van der Waals surface area (Å²) in [6.07, 6.45) is 8.69. The van der Waals surface area contributed by atoms with Crippen molar-refractivity contribution in [2.24, 2.45) is 35.5 Å². The Labute approximate surface area is 493 Å². The van der Waals surface area contributed by atoms with Gasteiger partial charge in [-0.3, -0.25) is 19.2 Å². The number of para-hydroxylation sites is 1. The zero-order chi connectivity index (χ0) is 60.5. The Hall–Kier alpha value is -5.67. The van der Waals surface area contributed by atoms with Gasteiger partial charge >= 0.3 is 18.0 Å². The van der Waals surface area contributed by atoms with Gasteiger partial charge in [-0.2, -0.15) is 0 Å².